The first-order chi connectivity index (χ1) is 16.5. The van der Waals surface area contributed by atoms with Crippen LogP contribution in [0.1, 0.15) is 21.7 Å². The van der Waals surface area contributed by atoms with Gasteiger partial charge in [0.25, 0.3) is 11.8 Å². The van der Waals surface area contributed by atoms with E-state index in [0.29, 0.717) is 28.5 Å². The van der Waals surface area contributed by atoms with Gasteiger partial charge in [-0.05, 0) is 53.9 Å². The average molecular weight is 481 g/mol. The summed E-state index contributed by atoms with van der Waals surface area (Å²) < 4.78 is 15.8. The van der Waals surface area contributed by atoms with Gasteiger partial charge in [-0.2, -0.15) is 0 Å². The summed E-state index contributed by atoms with van der Waals surface area (Å²) >= 11 is 1.48. The van der Waals surface area contributed by atoms with Crippen molar-refractivity contribution in [2.24, 2.45) is 0 Å². The van der Waals surface area contributed by atoms with E-state index in [-0.39, 0.29) is 24.8 Å². The van der Waals surface area contributed by atoms with Crippen LogP contribution in [0, 0.1) is 0 Å². The van der Waals surface area contributed by atoms with Gasteiger partial charge in [-0.15, -0.1) is 11.3 Å². The lowest BCUT2D eigenvalue weighted by molar-refractivity contribution is -0.122. The minimum atomic E-state index is -0.933. The number of hydrogen-bond acceptors (Lipinski definition) is 7. The number of rotatable bonds is 8. The molecule has 0 spiro atoms. The van der Waals surface area contributed by atoms with Gasteiger partial charge in [0.15, 0.2) is 11.5 Å². The SMILES string of the molecule is COc1ccc(N2C(=O)CC(N(Cc3cccs3)C(=O)c3ccc(OC)c(OC)c3)C2=O)cc1. The van der Waals surface area contributed by atoms with Crippen molar-refractivity contribution in [2.45, 2.75) is 19.0 Å². The van der Waals surface area contributed by atoms with Crippen LogP contribution < -0.4 is 19.1 Å². The van der Waals surface area contributed by atoms with Gasteiger partial charge in [-0.25, -0.2) is 4.90 Å². The number of amides is 3. The lowest BCUT2D eigenvalue weighted by Crippen LogP contribution is -2.45. The Kier molecular flexibility index (Phi) is 6.83. The van der Waals surface area contributed by atoms with Gasteiger partial charge < -0.3 is 19.1 Å². The summed E-state index contributed by atoms with van der Waals surface area (Å²) in [4.78, 5) is 43.5. The smallest absolute Gasteiger partial charge is 0.257 e. The second-order valence-electron chi connectivity index (χ2n) is 7.57. The molecule has 4 rings (SSSR count). The lowest BCUT2D eigenvalue weighted by Gasteiger charge is -2.27. The molecule has 34 heavy (non-hydrogen) atoms. The molecule has 0 radical (unpaired) electrons. The first-order valence-electron chi connectivity index (χ1n) is 10.5. The van der Waals surface area contributed by atoms with Crippen LogP contribution >= 0.6 is 11.3 Å². The number of carbonyl (C=O) groups is 3. The molecule has 1 unspecified atom stereocenters. The van der Waals surface area contributed by atoms with Crippen molar-refractivity contribution in [3.8, 4) is 17.2 Å². The fourth-order valence-corrected chi connectivity index (χ4v) is 4.59. The summed E-state index contributed by atoms with van der Waals surface area (Å²) in [6.45, 7) is 0.199. The highest BCUT2D eigenvalue weighted by Gasteiger charge is 2.44. The first kappa shape index (κ1) is 23.3. The Bertz CT molecular complexity index is 1190. The standard InChI is InChI=1S/C25H24N2O6S/c1-31-18-9-7-17(8-10-18)27-23(28)14-20(25(27)30)26(15-19-5-4-12-34-19)24(29)16-6-11-21(32-2)22(13-16)33-3/h4-13,20H,14-15H2,1-3H3. The minimum Gasteiger partial charge on any atom is -0.497 e. The van der Waals surface area contributed by atoms with E-state index in [1.807, 2.05) is 17.5 Å². The zero-order chi connectivity index (χ0) is 24.2. The Hall–Kier alpha value is -3.85. The van der Waals surface area contributed by atoms with E-state index in [9.17, 15) is 14.4 Å². The van der Waals surface area contributed by atoms with E-state index in [1.54, 1.807) is 49.6 Å². The quantitative estimate of drug-likeness (QED) is 0.457. The maximum Gasteiger partial charge on any atom is 0.257 e. The van der Waals surface area contributed by atoms with E-state index < -0.39 is 11.9 Å². The second kappa shape index (κ2) is 9.96. The summed E-state index contributed by atoms with van der Waals surface area (Å²) in [7, 11) is 4.54. The minimum absolute atomic E-state index is 0.102. The number of methoxy groups -OCH3 is 3. The van der Waals surface area contributed by atoms with Crippen LogP contribution in [-0.4, -0.2) is 50.0 Å². The molecule has 0 saturated carbocycles. The van der Waals surface area contributed by atoms with Crippen LogP contribution in [0.25, 0.3) is 0 Å². The van der Waals surface area contributed by atoms with Crippen molar-refractivity contribution in [3.63, 3.8) is 0 Å². The molecule has 176 valence electrons. The molecule has 0 N–H and O–H groups in total. The predicted molar refractivity (Wildman–Crippen MR) is 128 cm³/mol. The summed E-state index contributed by atoms with van der Waals surface area (Å²) in [5.41, 5.74) is 0.769. The van der Waals surface area contributed by atoms with Gasteiger partial charge in [0.1, 0.15) is 11.8 Å². The Balaban J connectivity index is 1.67. The van der Waals surface area contributed by atoms with Crippen LogP contribution in [0.5, 0.6) is 17.2 Å². The number of hydrogen-bond donors (Lipinski definition) is 0. The molecule has 2 heterocycles. The highest BCUT2D eigenvalue weighted by atomic mass is 32.1. The Morgan fingerprint density at radius 2 is 1.74 bits per heavy atom. The third-order valence-electron chi connectivity index (χ3n) is 5.63. The molecular weight excluding hydrogens is 456 g/mol. The number of anilines is 1. The molecule has 0 aliphatic carbocycles. The molecule has 2 aromatic carbocycles. The number of benzene rings is 2. The number of carbonyl (C=O) groups excluding carboxylic acids is 3. The summed E-state index contributed by atoms with van der Waals surface area (Å²) in [6, 6.07) is 14.3. The molecule has 0 bridgehead atoms. The number of ether oxygens (including phenoxy) is 3. The Morgan fingerprint density at radius 3 is 2.35 bits per heavy atom. The Morgan fingerprint density at radius 1 is 1.00 bits per heavy atom. The first-order valence-corrected chi connectivity index (χ1v) is 11.4. The molecule has 1 atom stereocenters. The number of nitrogens with zero attached hydrogens (tertiary/aromatic N) is 2. The van der Waals surface area contributed by atoms with Crippen molar-refractivity contribution in [1.82, 2.24) is 4.90 Å². The highest BCUT2D eigenvalue weighted by Crippen LogP contribution is 2.32. The lowest BCUT2D eigenvalue weighted by atomic mass is 10.1. The zero-order valence-corrected chi connectivity index (χ0v) is 19.8. The van der Waals surface area contributed by atoms with Gasteiger partial charge in [0.05, 0.1) is 40.0 Å². The molecule has 9 heteroatoms. The van der Waals surface area contributed by atoms with Crippen molar-refractivity contribution < 1.29 is 28.6 Å². The summed E-state index contributed by atoms with van der Waals surface area (Å²) in [6.07, 6.45) is -0.102. The fourth-order valence-electron chi connectivity index (χ4n) is 3.89. The van der Waals surface area contributed by atoms with Gasteiger partial charge in [-0.1, -0.05) is 6.07 Å². The maximum atomic E-state index is 13.6. The van der Waals surface area contributed by atoms with Crippen molar-refractivity contribution in [1.29, 1.82) is 0 Å². The third-order valence-corrected chi connectivity index (χ3v) is 6.49. The molecular formula is C25H24N2O6S. The molecule has 1 saturated heterocycles. The van der Waals surface area contributed by atoms with Gasteiger partial charge in [-0.3, -0.25) is 14.4 Å². The van der Waals surface area contributed by atoms with E-state index in [0.717, 1.165) is 9.78 Å². The maximum absolute atomic E-state index is 13.6. The topological polar surface area (TPSA) is 85.4 Å². The van der Waals surface area contributed by atoms with Crippen LogP contribution in [0.15, 0.2) is 60.0 Å². The Labute approximate surface area is 201 Å². The van der Waals surface area contributed by atoms with Crippen molar-refractivity contribution in [3.05, 3.63) is 70.4 Å². The third kappa shape index (κ3) is 4.47. The van der Waals surface area contributed by atoms with Crippen LogP contribution in [-0.2, 0) is 16.1 Å². The molecule has 3 amide bonds. The number of imide groups is 1. The summed E-state index contributed by atoms with van der Waals surface area (Å²) in [5.74, 6) is 0.316. The number of thiophene rings is 1. The van der Waals surface area contributed by atoms with Crippen LogP contribution in [0.3, 0.4) is 0 Å². The fraction of sp³-hybridized carbons (Fsp3) is 0.240. The van der Waals surface area contributed by atoms with E-state index in [4.69, 9.17) is 14.2 Å². The average Bonchev–Trinajstić information content (AvgIpc) is 3.48. The van der Waals surface area contributed by atoms with Gasteiger partial charge in [0, 0.05) is 10.4 Å². The van der Waals surface area contributed by atoms with Crippen LogP contribution in [0.2, 0.25) is 0 Å². The molecule has 1 aliphatic heterocycles. The molecule has 1 aliphatic rings. The molecule has 3 aromatic rings. The highest BCUT2D eigenvalue weighted by molar-refractivity contribution is 7.09. The van der Waals surface area contributed by atoms with E-state index in [2.05, 4.69) is 0 Å². The van der Waals surface area contributed by atoms with Crippen molar-refractivity contribution >= 4 is 34.7 Å². The predicted octanol–water partition coefficient (Wildman–Crippen LogP) is 3.75. The normalized spacial score (nSPS) is 15.4. The largest absolute Gasteiger partial charge is 0.497 e. The van der Waals surface area contributed by atoms with Gasteiger partial charge >= 0.3 is 0 Å². The van der Waals surface area contributed by atoms with E-state index >= 15 is 0 Å². The van der Waals surface area contributed by atoms with E-state index in [1.165, 1.54) is 30.5 Å². The monoisotopic (exact) mass is 480 g/mol. The second-order valence-corrected chi connectivity index (χ2v) is 8.60. The van der Waals surface area contributed by atoms with Crippen molar-refractivity contribution in [2.75, 3.05) is 26.2 Å². The summed E-state index contributed by atoms with van der Waals surface area (Å²) in [5, 5.41) is 1.90. The molecule has 1 aromatic heterocycles. The van der Waals surface area contributed by atoms with Crippen LogP contribution in [0.4, 0.5) is 5.69 Å². The zero-order valence-electron chi connectivity index (χ0n) is 19.0. The molecule has 8 nitrogen and oxygen atoms in total. The van der Waals surface area contributed by atoms with Gasteiger partial charge in [0.2, 0.25) is 5.91 Å². The molecule has 1 fully saturated rings.